The summed E-state index contributed by atoms with van der Waals surface area (Å²) in [5, 5.41) is 0. The third-order valence-electron chi connectivity index (χ3n) is 3.93. The molecule has 0 spiro atoms. The maximum absolute atomic E-state index is 13.4. The van der Waals surface area contributed by atoms with Crippen molar-refractivity contribution in [2.24, 2.45) is 11.7 Å². The smallest absolute Gasteiger partial charge is 0.126 e. The van der Waals surface area contributed by atoms with Crippen molar-refractivity contribution in [3.05, 3.63) is 35.1 Å². The molecule has 1 atom stereocenters. The van der Waals surface area contributed by atoms with Crippen LogP contribution in [0, 0.1) is 18.7 Å². The first-order valence-electron chi connectivity index (χ1n) is 7.35. The van der Waals surface area contributed by atoms with Crippen molar-refractivity contribution in [3.63, 3.8) is 0 Å². The number of aryl methyl sites for hydroxylation is 1. The Hall–Kier alpha value is -0.930. The Bertz CT molecular complexity index is 415. The van der Waals surface area contributed by atoms with Crippen LogP contribution in [0.5, 0.6) is 0 Å². The minimum Gasteiger partial charge on any atom is -0.329 e. The van der Waals surface area contributed by atoms with E-state index in [2.05, 4.69) is 11.8 Å². The fraction of sp³-hybridized carbons (Fsp3) is 0.625. The van der Waals surface area contributed by atoms with E-state index in [1.807, 2.05) is 19.1 Å². The zero-order valence-electron chi connectivity index (χ0n) is 12.0. The quantitative estimate of drug-likeness (QED) is 0.819. The zero-order valence-corrected chi connectivity index (χ0v) is 12.0. The van der Waals surface area contributed by atoms with Crippen LogP contribution in [0.25, 0.3) is 0 Å². The number of hydrogen-bond acceptors (Lipinski definition) is 2. The molecule has 19 heavy (non-hydrogen) atoms. The number of halogens is 1. The molecule has 0 radical (unpaired) electrons. The standard InChI is InChI=1S/C16H25FN2/c1-3-8-19(11-13-4-5-13)16(10-18)14-6-7-15(17)12(2)9-14/h6-7,9,13,16H,3-5,8,10-11,18H2,1-2H3. The largest absolute Gasteiger partial charge is 0.329 e. The minimum atomic E-state index is -0.135. The Morgan fingerprint density at radius 1 is 1.42 bits per heavy atom. The normalized spacial score (nSPS) is 16.9. The summed E-state index contributed by atoms with van der Waals surface area (Å²) in [6.45, 7) is 6.81. The summed E-state index contributed by atoms with van der Waals surface area (Å²) in [4.78, 5) is 2.48. The van der Waals surface area contributed by atoms with Crippen molar-refractivity contribution in [2.75, 3.05) is 19.6 Å². The second-order valence-corrected chi connectivity index (χ2v) is 5.70. The van der Waals surface area contributed by atoms with Crippen LogP contribution in [0.3, 0.4) is 0 Å². The molecule has 1 aromatic carbocycles. The molecule has 1 fully saturated rings. The van der Waals surface area contributed by atoms with E-state index in [4.69, 9.17) is 5.73 Å². The summed E-state index contributed by atoms with van der Waals surface area (Å²) < 4.78 is 13.4. The second-order valence-electron chi connectivity index (χ2n) is 5.70. The third kappa shape index (κ3) is 3.77. The highest BCUT2D eigenvalue weighted by Gasteiger charge is 2.28. The summed E-state index contributed by atoms with van der Waals surface area (Å²) in [5.41, 5.74) is 7.84. The highest BCUT2D eigenvalue weighted by atomic mass is 19.1. The molecule has 0 heterocycles. The topological polar surface area (TPSA) is 29.3 Å². The summed E-state index contributed by atoms with van der Waals surface area (Å²) >= 11 is 0. The van der Waals surface area contributed by atoms with Gasteiger partial charge in [-0.3, -0.25) is 4.90 Å². The van der Waals surface area contributed by atoms with Gasteiger partial charge in [0.1, 0.15) is 5.82 Å². The highest BCUT2D eigenvalue weighted by molar-refractivity contribution is 5.27. The van der Waals surface area contributed by atoms with Gasteiger partial charge in [0.2, 0.25) is 0 Å². The molecule has 1 aliphatic rings. The van der Waals surface area contributed by atoms with Crippen LogP contribution in [0.15, 0.2) is 18.2 Å². The molecule has 2 N–H and O–H groups in total. The van der Waals surface area contributed by atoms with E-state index in [9.17, 15) is 4.39 Å². The van der Waals surface area contributed by atoms with Gasteiger partial charge >= 0.3 is 0 Å². The summed E-state index contributed by atoms with van der Waals surface area (Å²) in [6.07, 6.45) is 3.82. The first-order valence-corrected chi connectivity index (χ1v) is 7.35. The molecule has 1 aliphatic carbocycles. The van der Waals surface area contributed by atoms with Crippen LogP contribution in [0.4, 0.5) is 4.39 Å². The molecule has 2 rings (SSSR count). The average Bonchev–Trinajstić information content (AvgIpc) is 3.19. The number of rotatable bonds is 7. The van der Waals surface area contributed by atoms with Gasteiger partial charge in [-0.15, -0.1) is 0 Å². The second kappa shape index (κ2) is 6.49. The van der Waals surface area contributed by atoms with E-state index in [1.54, 1.807) is 6.07 Å². The fourth-order valence-corrected chi connectivity index (χ4v) is 2.66. The first kappa shape index (κ1) is 14.5. The van der Waals surface area contributed by atoms with Crippen molar-refractivity contribution in [2.45, 2.75) is 39.2 Å². The van der Waals surface area contributed by atoms with E-state index in [-0.39, 0.29) is 11.9 Å². The molecule has 2 nitrogen and oxygen atoms in total. The van der Waals surface area contributed by atoms with E-state index >= 15 is 0 Å². The maximum atomic E-state index is 13.4. The van der Waals surface area contributed by atoms with Gasteiger partial charge in [0.15, 0.2) is 0 Å². The van der Waals surface area contributed by atoms with Gasteiger partial charge in [-0.1, -0.05) is 19.1 Å². The van der Waals surface area contributed by atoms with Gasteiger partial charge in [-0.2, -0.15) is 0 Å². The van der Waals surface area contributed by atoms with Crippen LogP contribution in [0.1, 0.15) is 43.4 Å². The minimum absolute atomic E-state index is 0.135. The van der Waals surface area contributed by atoms with Gasteiger partial charge in [0, 0.05) is 19.1 Å². The summed E-state index contributed by atoms with van der Waals surface area (Å²) in [6, 6.07) is 5.62. The molecule has 0 aromatic heterocycles. The lowest BCUT2D eigenvalue weighted by molar-refractivity contribution is 0.193. The fourth-order valence-electron chi connectivity index (χ4n) is 2.66. The predicted molar refractivity (Wildman–Crippen MR) is 77.5 cm³/mol. The number of nitrogens with two attached hydrogens (primary N) is 1. The monoisotopic (exact) mass is 264 g/mol. The first-order chi connectivity index (χ1) is 9.15. The molecule has 0 amide bonds. The van der Waals surface area contributed by atoms with Gasteiger partial charge in [0.25, 0.3) is 0 Å². The molecular weight excluding hydrogens is 239 g/mol. The molecular formula is C16H25FN2. The molecule has 0 saturated heterocycles. The number of hydrogen-bond donors (Lipinski definition) is 1. The third-order valence-corrected chi connectivity index (χ3v) is 3.93. The van der Waals surface area contributed by atoms with Gasteiger partial charge in [-0.25, -0.2) is 4.39 Å². The number of nitrogens with zero attached hydrogens (tertiary/aromatic N) is 1. The van der Waals surface area contributed by atoms with E-state index in [0.29, 0.717) is 12.1 Å². The lowest BCUT2D eigenvalue weighted by Gasteiger charge is -2.31. The van der Waals surface area contributed by atoms with Gasteiger partial charge < -0.3 is 5.73 Å². The molecule has 3 heteroatoms. The maximum Gasteiger partial charge on any atom is 0.126 e. The molecule has 106 valence electrons. The SMILES string of the molecule is CCCN(CC1CC1)C(CN)c1ccc(F)c(C)c1. The van der Waals surface area contributed by atoms with Crippen LogP contribution >= 0.6 is 0 Å². The van der Waals surface area contributed by atoms with E-state index in [1.165, 1.54) is 12.8 Å². The molecule has 1 aromatic rings. The lowest BCUT2D eigenvalue weighted by Crippen LogP contribution is -2.36. The molecule has 0 aliphatic heterocycles. The number of benzene rings is 1. The molecule has 1 saturated carbocycles. The lowest BCUT2D eigenvalue weighted by atomic mass is 10.0. The summed E-state index contributed by atoms with van der Waals surface area (Å²) in [5.74, 6) is 0.714. The van der Waals surface area contributed by atoms with Crippen molar-refractivity contribution in [1.82, 2.24) is 4.90 Å². The van der Waals surface area contributed by atoms with E-state index in [0.717, 1.165) is 31.0 Å². The van der Waals surface area contributed by atoms with E-state index < -0.39 is 0 Å². The van der Waals surface area contributed by atoms with Crippen molar-refractivity contribution in [3.8, 4) is 0 Å². The molecule has 0 bridgehead atoms. The van der Waals surface area contributed by atoms with Crippen LogP contribution in [0.2, 0.25) is 0 Å². The average molecular weight is 264 g/mol. The van der Waals surface area contributed by atoms with Gasteiger partial charge in [-0.05, 0) is 55.8 Å². The van der Waals surface area contributed by atoms with Crippen LogP contribution in [-0.2, 0) is 0 Å². The summed E-state index contributed by atoms with van der Waals surface area (Å²) in [7, 11) is 0. The van der Waals surface area contributed by atoms with Gasteiger partial charge in [0.05, 0.1) is 0 Å². The van der Waals surface area contributed by atoms with Crippen molar-refractivity contribution < 1.29 is 4.39 Å². The Kier molecular flexibility index (Phi) is 4.94. The van der Waals surface area contributed by atoms with Crippen molar-refractivity contribution in [1.29, 1.82) is 0 Å². The Labute approximate surface area is 115 Å². The Morgan fingerprint density at radius 3 is 2.68 bits per heavy atom. The Balaban J connectivity index is 2.16. The highest BCUT2D eigenvalue weighted by Crippen LogP contribution is 2.33. The Morgan fingerprint density at radius 2 is 2.16 bits per heavy atom. The van der Waals surface area contributed by atoms with Crippen molar-refractivity contribution >= 4 is 0 Å². The molecule has 1 unspecified atom stereocenters. The van der Waals surface area contributed by atoms with Crippen LogP contribution in [-0.4, -0.2) is 24.5 Å². The zero-order chi connectivity index (χ0) is 13.8. The predicted octanol–water partition coefficient (Wildman–Crippen LogP) is 3.26. The van der Waals surface area contributed by atoms with Crippen LogP contribution < -0.4 is 5.73 Å².